The summed E-state index contributed by atoms with van der Waals surface area (Å²) < 4.78 is 0. The molecule has 3 aromatic carbocycles. The normalized spacial score (nSPS) is 16.7. The van der Waals surface area contributed by atoms with Gasteiger partial charge in [-0.25, -0.2) is 0 Å². The van der Waals surface area contributed by atoms with Crippen LogP contribution in [0.1, 0.15) is 11.1 Å². The van der Waals surface area contributed by atoms with E-state index in [0.717, 1.165) is 17.3 Å². The van der Waals surface area contributed by atoms with E-state index in [-0.39, 0.29) is 22.9 Å². The zero-order valence-corrected chi connectivity index (χ0v) is 21.5. The number of halogens is 3. The number of nitrogens with one attached hydrogen (secondary N) is 1. The van der Waals surface area contributed by atoms with Crippen molar-refractivity contribution >= 4 is 69.8 Å². The second kappa shape index (κ2) is 10.8. The minimum atomic E-state index is -0.658. The number of carbonyl (C=O) groups excluding carboxylic acids is 2. The Morgan fingerprint density at radius 3 is 2.46 bits per heavy atom. The van der Waals surface area contributed by atoms with Crippen molar-refractivity contribution in [1.82, 2.24) is 0 Å². The maximum Gasteiger partial charge on any atom is 0.269 e. The van der Waals surface area contributed by atoms with Crippen LogP contribution in [-0.2, 0) is 16.0 Å². The molecule has 0 aliphatic carbocycles. The van der Waals surface area contributed by atoms with Crippen LogP contribution in [0, 0.1) is 18.3 Å². The van der Waals surface area contributed by atoms with Crippen molar-refractivity contribution in [1.29, 1.82) is 5.26 Å². The van der Waals surface area contributed by atoms with Crippen LogP contribution in [-0.4, -0.2) is 17.1 Å². The second-order valence-corrected chi connectivity index (χ2v) is 10.2. The Hall–Kier alpha value is -2.95. The number of hydrogen-bond acceptors (Lipinski definition) is 4. The second-order valence-electron chi connectivity index (χ2n) is 7.78. The number of thioether (sulfide) groups is 1. The van der Waals surface area contributed by atoms with Crippen molar-refractivity contribution in [2.24, 2.45) is 0 Å². The number of para-hydroxylation sites is 1. The van der Waals surface area contributed by atoms with Crippen molar-refractivity contribution in [3.63, 3.8) is 0 Å². The third-order valence-electron chi connectivity index (χ3n) is 5.33. The Morgan fingerprint density at radius 1 is 1.06 bits per heavy atom. The van der Waals surface area contributed by atoms with Gasteiger partial charge in [0.1, 0.15) is 16.7 Å². The molecule has 0 aromatic heterocycles. The lowest BCUT2D eigenvalue weighted by Crippen LogP contribution is -2.31. The van der Waals surface area contributed by atoms with E-state index < -0.39 is 11.2 Å². The van der Waals surface area contributed by atoms with Gasteiger partial charge in [0, 0.05) is 15.7 Å². The van der Waals surface area contributed by atoms with Crippen molar-refractivity contribution in [2.45, 2.75) is 18.6 Å². The van der Waals surface area contributed by atoms with E-state index in [1.165, 1.54) is 4.90 Å². The highest BCUT2D eigenvalue weighted by molar-refractivity contribution is 8.05. The number of nitrogens with zero attached hydrogens (tertiary/aromatic N) is 2. The quantitative estimate of drug-likeness (QED) is 0.278. The Balaban J connectivity index is 1.75. The van der Waals surface area contributed by atoms with Gasteiger partial charge in [-0.05, 0) is 61.4 Å². The van der Waals surface area contributed by atoms with Crippen LogP contribution >= 0.6 is 46.6 Å². The Bertz CT molecular complexity index is 1380. The molecule has 1 atom stereocenters. The van der Waals surface area contributed by atoms with Gasteiger partial charge in [-0.3, -0.25) is 14.5 Å². The molecule has 1 unspecified atom stereocenters. The Labute approximate surface area is 222 Å². The molecular weight excluding hydrogens is 525 g/mol. The van der Waals surface area contributed by atoms with E-state index >= 15 is 0 Å². The summed E-state index contributed by atoms with van der Waals surface area (Å²) in [6.45, 7) is 1.93. The standard InChI is InChI=1S/C26H18Cl3N3O2S/c1-15-6-9-18(10-7-15)32-25(34)23(13-16-12-17(27)8-11-20(16)28)35-26(32)19(14-30)24(33)31-22-5-3-2-4-21(22)29/h2-12,23H,13H2,1H3,(H,31,33)/b26-19-. The van der Waals surface area contributed by atoms with Crippen LogP contribution in [0.15, 0.2) is 77.3 Å². The van der Waals surface area contributed by atoms with Gasteiger partial charge in [-0.15, -0.1) is 0 Å². The van der Waals surface area contributed by atoms with E-state index in [2.05, 4.69) is 5.32 Å². The molecule has 1 heterocycles. The molecule has 0 radical (unpaired) electrons. The molecule has 1 saturated heterocycles. The summed E-state index contributed by atoms with van der Waals surface area (Å²) in [5, 5.41) is 13.6. The molecule has 0 bridgehead atoms. The number of rotatable bonds is 5. The SMILES string of the molecule is Cc1ccc(N2C(=O)C(Cc3cc(Cl)ccc3Cl)S/C2=C(/C#N)C(=O)Nc2ccccc2Cl)cc1. The molecule has 3 aromatic rings. The summed E-state index contributed by atoms with van der Waals surface area (Å²) >= 11 is 19.8. The van der Waals surface area contributed by atoms with Crippen LogP contribution in [0.25, 0.3) is 0 Å². The van der Waals surface area contributed by atoms with Crippen LogP contribution in [0.5, 0.6) is 0 Å². The molecule has 4 rings (SSSR count). The summed E-state index contributed by atoms with van der Waals surface area (Å²) in [5.41, 5.74) is 2.45. The predicted molar refractivity (Wildman–Crippen MR) is 143 cm³/mol. The average Bonchev–Trinajstić information content (AvgIpc) is 3.14. The highest BCUT2D eigenvalue weighted by Crippen LogP contribution is 2.43. The fourth-order valence-corrected chi connectivity index (χ4v) is 5.43. The van der Waals surface area contributed by atoms with E-state index in [9.17, 15) is 14.9 Å². The number of amides is 2. The van der Waals surface area contributed by atoms with E-state index in [1.54, 1.807) is 54.6 Å². The first kappa shape index (κ1) is 25.2. The van der Waals surface area contributed by atoms with Gasteiger partial charge in [-0.1, -0.05) is 76.4 Å². The lowest BCUT2D eigenvalue weighted by Gasteiger charge is -2.19. The largest absolute Gasteiger partial charge is 0.320 e. The first-order chi connectivity index (χ1) is 16.8. The molecule has 1 N–H and O–H groups in total. The number of hydrogen-bond donors (Lipinski definition) is 1. The number of benzene rings is 3. The minimum absolute atomic E-state index is 0.191. The van der Waals surface area contributed by atoms with Crippen LogP contribution in [0.2, 0.25) is 15.1 Å². The zero-order valence-electron chi connectivity index (χ0n) is 18.4. The summed E-state index contributed by atoms with van der Waals surface area (Å²) in [7, 11) is 0. The monoisotopic (exact) mass is 541 g/mol. The van der Waals surface area contributed by atoms with E-state index in [0.29, 0.717) is 32.0 Å². The van der Waals surface area contributed by atoms with Gasteiger partial charge in [-0.2, -0.15) is 5.26 Å². The van der Waals surface area contributed by atoms with Gasteiger partial charge in [0.05, 0.1) is 16.0 Å². The van der Waals surface area contributed by atoms with Crippen LogP contribution in [0.4, 0.5) is 11.4 Å². The van der Waals surface area contributed by atoms with Crippen molar-refractivity contribution < 1.29 is 9.59 Å². The van der Waals surface area contributed by atoms with Gasteiger partial charge < -0.3 is 5.32 Å². The van der Waals surface area contributed by atoms with E-state index in [4.69, 9.17) is 34.8 Å². The molecule has 9 heteroatoms. The van der Waals surface area contributed by atoms with Crippen LogP contribution < -0.4 is 10.2 Å². The molecule has 0 saturated carbocycles. The first-order valence-corrected chi connectivity index (χ1v) is 12.5. The molecule has 1 fully saturated rings. The van der Waals surface area contributed by atoms with Crippen molar-refractivity contribution in [2.75, 3.05) is 10.2 Å². The molecule has 1 aliphatic heterocycles. The molecule has 1 aliphatic rings. The number of anilines is 2. The summed E-state index contributed by atoms with van der Waals surface area (Å²) in [4.78, 5) is 28.1. The fourth-order valence-electron chi connectivity index (χ4n) is 3.56. The third kappa shape index (κ3) is 5.50. The predicted octanol–water partition coefficient (Wildman–Crippen LogP) is 7.02. The topological polar surface area (TPSA) is 73.2 Å². The van der Waals surface area contributed by atoms with E-state index in [1.807, 2.05) is 25.1 Å². The van der Waals surface area contributed by atoms with Crippen molar-refractivity contribution in [3.8, 4) is 6.07 Å². The Morgan fingerprint density at radius 2 is 1.77 bits per heavy atom. The van der Waals surface area contributed by atoms with Crippen LogP contribution in [0.3, 0.4) is 0 Å². The molecular formula is C26H18Cl3N3O2S. The highest BCUT2D eigenvalue weighted by atomic mass is 35.5. The van der Waals surface area contributed by atoms with Gasteiger partial charge in [0.15, 0.2) is 0 Å². The van der Waals surface area contributed by atoms with Crippen molar-refractivity contribution in [3.05, 3.63) is 104 Å². The third-order valence-corrected chi connectivity index (χ3v) is 7.53. The number of aryl methyl sites for hydroxylation is 1. The first-order valence-electron chi connectivity index (χ1n) is 10.5. The maximum absolute atomic E-state index is 13.6. The lowest BCUT2D eigenvalue weighted by atomic mass is 10.1. The number of carbonyl (C=O) groups is 2. The summed E-state index contributed by atoms with van der Waals surface area (Å²) in [6, 6.07) is 21.1. The molecule has 0 spiro atoms. The van der Waals surface area contributed by atoms with Gasteiger partial charge in [0.2, 0.25) is 5.91 Å². The smallest absolute Gasteiger partial charge is 0.269 e. The van der Waals surface area contributed by atoms with Gasteiger partial charge in [0.25, 0.3) is 5.91 Å². The zero-order chi connectivity index (χ0) is 25.1. The minimum Gasteiger partial charge on any atom is -0.320 e. The molecule has 35 heavy (non-hydrogen) atoms. The molecule has 5 nitrogen and oxygen atoms in total. The molecule has 176 valence electrons. The average molecular weight is 543 g/mol. The summed E-state index contributed by atoms with van der Waals surface area (Å²) in [5.74, 6) is -0.919. The maximum atomic E-state index is 13.6. The van der Waals surface area contributed by atoms with Gasteiger partial charge >= 0.3 is 0 Å². The lowest BCUT2D eigenvalue weighted by molar-refractivity contribution is -0.117. The summed E-state index contributed by atoms with van der Waals surface area (Å²) in [6.07, 6.45) is 0.277. The highest BCUT2D eigenvalue weighted by Gasteiger charge is 2.41. The number of nitriles is 1. The molecule has 2 amide bonds. The fraction of sp³-hybridized carbons (Fsp3) is 0.115. The Kier molecular flexibility index (Phi) is 7.73.